The van der Waals surface area contributed by atoms with Crippen LogP contribution >= 0.6 is 11.6 Å². The van der Waals surface area contributed by atoms with E-state index in [1.807, 2.05) is 37.3 Å². The summed E-state index contributed by atoms with van der Waals surface area (Å²) < 4.78 is 30.6. The Morgan fingerprint density at radius 2 is 1.65 bits per heavy atom. The van der Waals surface area contributed by atoms with Crippen molar-refractivity contribution < 1.29 is 12.6 Å². The molecular weight excluding hydrogens is 332 g/mol. The summed E-state index contributed by atoms with van der Waals surface area (Å²) >= 11 is 5.95. The van der Waals surface area contributed by atoms with E-state index in [2.05, 4.69) is 0 Å². The van der Waals surface area contributed by atoms with E-state index < -0.39 is 10.1 Å². The van der Waals surface area contributed by atoms with Crippen LogP contribution in [0.15, 0.2) is 65.6 Å². The lowest BCUT2D eigenvalue weighted by molar-refractivity contribution is 0.486. The standard InChI is InChI=1S/C18H15ClO3S/c1-13-6-10-16(11-7-13)23(20,21)22-18-15(12-19)9-8-14-4-2-3-5-17(14)18/h2-11H,12H2,1H3. The molecule has 23 heavy (non-hydrogen) atoms. The minimum atomic E-state index is -3.91. The molecule has 0 N–H and O–H groups in total. The normalized spacial score (nSPS) is 11.6. The van der Waals surface area contributed by atoms with E-state index >= 15 is 0 Å². The highest BCUT2D eigenvalue weighted by molar-refractivity contribution is 7.87. The molecule has 0 saturated heterocycles. The van der Waals surface area contributed by atoms with E-state index in [1.54, 1.807) is 18.2 Å². The van der Waals surface area contributed by atoms with Crippen LogP contribution in [0.3, 0.4) is 0 Å². The molecule has 0 atom stereocenters. The topological polar surface area (TPSA) is 43.4 Å². The van der Waals surface area contributed by atoms with Gasteiger partial charge in [-0.2, -0.15) is 8.42 Å². The van der Waals surface area contributed by atoms with E-state index in [4.69, 9.17) is 15.8 Å². The SMILES string of the molecule is Cc1ccc(S(=O)(=O)Oc2c(CCl)ccc3ccccc23)cc1. The van der Waals surface area contributed by atoms with Crippen molar-refractivity contribution in [2.75, 3.05) is 0 Å². The third-order valence-corrected chi connectivity index (χ3v) is 5.13. The molecule has 0 saturated carbocycles. The minimum absolute atomic E-state index is 0.122. The van der Waals surface area contributed by atoms with Crippen LogP contribution < -0.4 is 4.18 Å². The molecule has 0 bridgehead atoms. The maximum atomic E-state index is 12.6. The molecule has 0 spiro atoms. The molecule has 0 amide bonds. The lowest BCUT2D eigenvalue weighted by Gasteiger charge is -2.13. The highest BCUT2D eigenvalue weighted by Crippen LogP contribution is 2.33. The van der Waals surface area contributed by atoms with Crippen LogP contribution in [0.4, 0.5) is 0 Å². The van der Waals surface area contributed by atoms with Crippen molar-refractivity contribution in [3.05, 3.63) is 71.8 Å². The van der Waals surface area contributed by atoms with Gasteiger partial charge in [0.1, 0.15) is 4.90 Å². The first-order valence-corrected chi connectivity index (χ1v) is 9.03. The Hall–Kier alpha value is -2.04. The van der Waals surface area contributed by atoms with Gasteiger partial charge in [0.25, 0.3) is 0 Å². The first kappa shape index (κ1) is 15.8. The minimum Gasteiger partial charge on any atom is -0.378 e. The Morgan fingerprint density at radius 1 is 0.957 bits per heavy atom. The van der Waals surface area contributed by atoms with Gasteiger partial charge in [0, 0.05) is 10.9 Å². The zero-order chi connectivity index (χ0) is 16.4. The van der Waals surface area contributed by atoms with Gasteiger partial charge in [-0.15, -0.1) is 11.6 Å². The second-order valence-electron chi connectivity index (χ2n) is 5.26. The quantitative estimate of drug-likeness (QED) is 0.510. The number of hydrogen-bond donors (Lipinski definition) is 0. The zero-order valence-corrected chi connectivity index (χ0v) is 14.1. The van der Waals surface area contributed by atoms with Crippen molar-refractivity contribution in [1.82, 2.24) is 0 Å². The lowest BCUT2D eigenvalue weighted by atomic mass is 10.1. The van der Waals surface area contributed by atoms with Crippen LogP contribution in [-0.2, 0) is 16.0 Å². The summed E-state index contributed by atoms with van der Waals surface area (Å²) in [5, 5.41) is 1.62. The molecule has 5 heteroatoms. The van der Waals surface area contributed by atoms with Crippen LogP contribution in [-0.4, -0.2) is 8.42 Å². The fraction of sp³-hybridized carbons (Fsp3) is 0.111. The largest absolute Gasteiger partial charge is 0.378 e. The highest BCUT2D eigenvalue weighted by atomic mass is 35.5. The predicted octanol–water partition coefficient (Wildman–Crippen LogP) is 4.65. The summed E-state index contributed by atoms with van der Waals surface area (Å²) in [6.07, 6.45) is 0. The summed E-state index contributed by atoms with van der Waals surface area (Å²) in [5.74, 6) is 0.461. The van der Waals surface area contributed by atoms with Gasteiger partial charge in [-0.3, -0.25) is 0 Å². The number of hydrogen-bond acceptors (Lipinski definition) is 3. The fourth-order valence-electron chi connectivity index (χ4n) is 2.35. The molecular formula is C18H15ClO3S. The molecule has 0 radical (unpaired) electrons. The van der Waals surface area contributed by atoms with Crippen LogP contribution in [0.2, 0.25) is 0 Å². The van der Waals surface area contributed by atoms with E-state index in [9.17, 15) is 8.42 Å². The van der Waals surface area contributed by atoms with E-state index in [0.29, 0.717) is 11.3 Å². The van der Waals surface area contributed by atoms with Crippen molar-refractivity contribution in [3.8, 4) is 5.75 Å². The van der Waals surface area contributed by atoms with Crippen molar-refractivity contribution >= 4 is 32.5 Å². The zero-order valence-electron chi connectivity index (χ0n) is 12.5. The molecule has 0 aliphatic carbocycles. The summed E-state index contributed by atoms with van der Waals surface area (Å²) in [6, 6.07) is 17.7. The predicted molar refractivity (Wildman–Crippen MR) is 92.5 cm³/mol. The number of fused-ring (bicyclic) bond motifs is 1. The average Bonchev–Trinajstić information content (AvgIpc) is 2.55. The molecule has 0 aliphatic rings. The van der Waals surface area contributed by atoms with Gasteiger partial charge in [-0.25, -0.2) is 0 Å². The Labute approximate surface area is 140 Å². The van der Waals surface area contributed by atoms with Gasteiger partial charge in [0.2, 0.25) is 0 Å². The summed E-state index contributed by atoms with van der Waals surface area (Å²) in [4.78, 5) is 0.122. The Morgan fingerprint density at radius 3 is 2.35 bits per heavy atom. The number of alkyl halides is 1. The number of benzene rings is 3. The average molecular weight is 347 g/mol. The van der Waals surface area contributed by atoms with Crippen molar-refractivity contribution in [3.63, 3.8) is 0 Å². The molecule has 0 unspecified atom stereocenters. The Bertz CT molecular complexity index is 948. The lowest BCUT2D eigenvalue weighted by Crippen LogP contribution is -2.11. The van der Waals surface area contributed by atoms with Crippen LogP contribution in [0.1, 0.15) is 11.1 Å². The molecule has 3 nitrogen and oxygen atoms in total. The third-order valence-electron chi connectivity index (χ3n) is 3.61. The van der Waals surface area contributed by atoms with Gasteiger partial charge in [0.15, 0.2) is 5.75 Å². The van der Waals surface area contributed by atoms with Crippen molar-refractivity contribution in [2.45, 2.75) is 17.7 Å². The van der Waals surface area contributed by atoms with E-state index in [0.717, 1.165) is 16.3 Å². The first-order valence-electron chi connectivity index (χ1n) is 7.09. The molecule has 3 aromatic rings. The smallest absolute Gasteiger partial charge is 0.339 e. The molecule has 3 aromatic carbocycles. The van der Waals surface area contributed by atoms with Gasteiger partial charge in [0.05, 0.1) is 5.88 Å². The molecule has 0 fully saturated rings. The first-order chi connectivity index (χ1) is 11.0. The second-order valence-corrected chi connectivity index (χ2v) is 7.07. The van der Waals surface area contributed by atoms with Gasteiger partial charge in [-0.1, -0.05) is 54.1 Å². The molecule has 118 valence electrons. The van der Waals surface area contributed by atoms with Gasteiger partial charge < -0.3 is 4.18 Å². The molecule has 0 aliphatic heterocycles. The fourth-order valence-corrected chi connectivity index (χ4v) is 3.55. The maximum Gasteiger partial charge on any atom is 0.339 e. The van der Waals surface area contributed by atoms with Crippen LogP contribution in [0.25, 0.3) is 10.8 Å². The van der Waals surface area contributed by atoms with Gasteiger partial charge >= 0.3 is 10.1 Å². The molecule has 3 rings (SSSR count). The second kappa shape index (κ2) is 6.22. The summed E-state index contributed by atoms with van der Waals surface area (Å²) in [5.41, 5.74) is 1.62. The summed E-state index contributed by atoms with van der Waals surface area (Å²) in [6.45, 7) is 1.90. The molecule has 0 aromatic heterocycles. The Kier molecular flexibility index (Phi) is 4.28. The van der Waals surface area contributed by atoms with Crippen LogP contribution in [0.5, 0.6) is 5.75 Å². The highest BCUT2D eigenvalue weighted by Gasteiger charge is 2.20. The maximum absolute atomic E-state index is 12.6. The monoisotopic (exact) mass is 346 g/mol. The number of halogens is 1. The Balaban J connectivity index is 2.11. The van der Waals surface area contributed by atoms with E-state index in [1.165, 1.54) is 12.1 Å². The van der Waals surface area contributed by atoms with Crippen LogP contribution in [0, 0.1) is 6.92 Å². The van der Waals surface area contributed by atoms with Gasteiger partial charge in [-0.05, 0) is 24.4 Å². The van der Waals surface area contributed by atoms with E-state index in [-0.39, 0.29) is 10.8 Å². The number of aryl methyl sites for hydroxylation is 1. The summed E-state index contributed by atoms with van der Waals surface area (Å²) in [7, 11) is -3.91. The van der Waals surface area contributed by atoms with Crippen molar-refractivity contribution in [2.24, 2.45) is 0 Å². The third kappa shape index (κ3) is 3.19. The van der Waals surface area contributed by atoms with Crippen molar-refractivity contribution in [1.29, 1.82) is 0 Å². The number of rotatable bonds is 4. The molecule has 0 heterocycles.